The fraction of sp³-hybridized carbons (Fsp3) is 1.00. The van der Waals surface area contributed by atoms with Crippen molar-refractivity contribution in [1.29, 1.82) is 0 Å². The van der Waals surface area contributed by atoms with Gasteiger partial charge in [0, 0.05) is 0 Å². The summed E-state index contributed by atoms with van der Waals surface area (Å²) >= 11 is 0. The number of nitrogens with two attached hydrogens (primary N) is 1. The highest BCUT2D eigenvalue weighted by molar-refractivity contribution is 7.86. The van der Waals surface area contributed by atoms with Gasteiger partial charge in [-0.1, -0.05) is 20.3 Å². The zero-order valence-corrected chi connectivity index (χ0v) is 7.63. The monoisotopic (exact) mass is 181 g/mol. The summed E-state index contributed by atoms with van der Waals surface area (Å²) in [6.07, 6.45) is 1.18. The molecule has 2 atom stereocenters. The first-order valence-corrected chi connectivity index (χ1v) is 5.10. The Bertz CT molecular complexity index is 200. The standard InChI is InChI=1S/C6H15NO3S/c1-3-5(2)4-6(7)11(8,9)10/h5-6H,3-4,7H2,1-2H3,(H,8,9,10). The molecule has 0 aromatic heterocycles. The Kier molecular flexibility index (Phi) is 3.99. The molecule has 2 unspecified atom stereocenters. The quantitative estimate of drug-likeness (QED) is 0.622. The van der Waals surface area contributed by atoms with Crippen LogP contribution in [0.2, 0.25) is 0 Å². The van der Waals surface area contributed by atoms with Crippen LogP contribution in [0.1, 0.15) is 26.7 Å². The molecular weight excluding hydrogens is 166 g/mol. The number of hydrogen-bond acceptors (Lipinski definition) is 3. The molecule has 0 aromatic rings. The average molecular weight is 181 g/mol. The second-order valence-corrected chi connectivity index (χ2v) is 4.44. The molecule has 0 saturated heterocycles. The lowest BCUT2D eigenvalue weighted by atomic mass is 10.1. The molecule has 3 N–H and O–H groups in total. The molecule has 0 aliphatic heterocycles. The molecule has 0 heterocycles. The summed E-state index contributed by atoms with van der Waals surface area (Å²) in [6.45, 7) is 3.84. The second-order valence-electron chi connectivity index (χ2n) is 2.80. The van der Waals surface area contributed by atoms with Gasteiger partial charge in [-0.15, -0.1) is 0 Å². The lowest BCUT2D eigenvalue weighted by Crippen LogP contribution is -2.31. The van der Waals surface area contributed by atoms with Crippen molar-refractivity contribution in [3.05, 3.63) is 0 Å². The molecule has 0 aromatic carbocycles. The lowest BCUT2D eigenvalue weighted by molar-refractivity contribution is 0.435. The molecule has 0 aliphatic rings. The summed E-state index contributed by atoms with van der Waals surface area (Å²) in [5.41, 5.74) is 5.19. The molecule has 5 heteroatoms. The Morgan fingerprint density at radius 1 is 1.55 bits per heavy atom. The predicted molar refractivity (Wildman–Crippen MR) is 43.6 cm³/mol. The van der Waals surface area contributed by atoms with Crippen molar-refractivity contribution in [3.63, 3.8) is 0 Å². The minimum atomic E-state index is -4.03. The molecule has 0 fully saturated rings. The van der Waals surface area contributed by atoms with Crippen molar-refractivity contribution in [1.82, 2.24) is 0 Å². The highest BCUT2D eigenvalue weighted by Crippen LogP contribution is 2.10. The topological polar surface area (TPSA) is 80.4 Å². The zero-order valence-electron chi connectivity index (χ0n) is 6.82. The smallest absolute Gasteiger partial charge is 0.280 e. The van der Waals surface area contributed by atoms with Crippen LogP contribution in [-0.4, -0.2) is 18.3 Å². The van der Waals surface area contributed by atoms with Gasteiger partial charge in [-0.3, -0.25) is 4.55 Å². The van der Waals surface area contributed by atoms with Crippen LogP contribution in [0, 0.1) is 5.92 Å². The van der Waals surface area contributed by atoms with Crippen molar-refractivity contribution in [2.45, 2.75) is 32.1 Å². The Hall–Kier alpha value is -0.130. The maximum atomic E-state index is 10.4. The van der Waals surface area contributed by atoms with Crippen LogP contribution in [0.5, 0.6) is 0 Å². The van der Waals surface area contributed by atoms with Crippen LogP contribution in [0.3, 0.4) is 0 Å². The summed E-state index contributed by atoms with van der Waals surface area (Å²) in [4.78, 5) is 0. The average Bonchev–Trinajstić information content (AvgIpc) is 1.85. The molecule has 0 saturated carbocycles. The fourth-order valence-electron chi connectivity index (χ4n) is 0.685. The fourth-order valence-corrected chi connectivity index (χ4v) is 1.26. The van der Waals surface area contributed by atoms with Gasteiger partial charge in [-0.05, 0) is 12.3 Å². The molecule has 0 spiro atoms. The Morgan fingerprint density at radius 2 is 2.00 bits per heavy atom. The summed E-state index contributed by atoms with van der Waals surface area (Å²) in [6, 6.07) is 0. The molecule has 11 heavy (non-hydrogen) atoms. The first kappa shape index (κ1) is 10.9. The van der Waals surface area contributed by atoms with E-state index in [1.807, 2.05) is 13.8 Å². The minimum Gasteiger partial charge on any atom is -0.313 e. The van der Waals surface area contributed by atoms with Gasteiger partial charge >= 0.3 is 0 Å². The Morgan fingerprint density at radius 3 is 2.27 bits per heavy atom. The van der Waals surface area contributed by atoms with E-state index in [0.29, 0.717) is 6.42 Å². The van der Waals surface area contributed by atoms with Crippen LogP contribution in [0.4, 0.5) is 0 Å². The van der Waals surface area contributed by atoms with E-state index in [0.717, 1.165) is 6.42 Å². The molecule has 0 aliphatic carbocycles. The molecule has 4 nitrogen and oxygen atoms in total. The molecule has 0 rings (SSSR count). The van der Waals surface area contributed by atoms with E-state index in [4.69, 9.17) is 10.3 Å². The SMILES string of the molecule is CCC(C)CC(N)S(=O)(=O)O. The number of hydrogen-bond donors (Lipinski definition) is 2. The third-order valence-corrected chi connectivity index (χ3v) is 2.67. The minimum absolute atomic E-state index is 0.229. The summed E-state index contributed by atoms with van der Waals surface area (Å²) in [7, 11) is -4.03. The van der Waals surface area contributed by atoms with Gasteiger partial charge in [0.05, 0.1) is 0 Å². The molecule has 0 bridgehead atoms. The second kappa shape index (κ2) is 4.04. The van der Waals surface area contributed by atoms with Crippen LogP contribution >= 0.6 is 0 Å². The van der Waals surface area contributed by atoms with Crippen LogP contribution in [0.25, 0.3) is 0 Å². The molecule has 68 valence electrons. The predicted octanol–water partition coefficient (Wildman–Crippen LogP) is 0.595. The molecular formula is C6H15NO3S. The number of rotatable bonds is 4. The van der Waals surface area contributed by atoms with E-state index in [1.54, 1.807) is 0 Å². The van der Waals surface area contributed by atoms with Crippen LogP contribution < -0.4 is 5.73 Å². The van der Waals surface area contributed by atoms with Gasteiger partial charge < -0.3 is 5.73 Å². The largest absolute Gasteiger partial charge is 0.313 e. The highest BCUT2D eigenvalue weighted by atomic mass is 32.2. The molecule has 0 radical (unpaired) electrons. The normalized spacial score (nSPS) is 17.8. The Balaban J connectivity index is 3.98. The van der Waals surface area contributed by atoms with E-state index in [-0.39, 0.29) is 5.92 Å². The zero-order chi connectivity index (χ0) is 9.07. The van der Waals surface area contributed by atoms with Crippen molar-refractivity contribution in [3.8, 4) is 0 Å². The van der Waals surface area contributed by atoms with Crippen molar-refractivity contribution in [2.24, 2.45) is 11.7 Å². The highest BCUT2D eigenvalue weighted by Gasteiger charge is 2.19. The first-order valence-electron chi connectivity index (χ1n) is 3.59. The Labute approximate surface area is 67.5 Å². The maximum absolute atomic E-state index is 10.4. The van der Waals surface area contributed by atoms with Gasteiger partial charge in [0.2, 0.25) is 0 Å². The van der Waals surface area contributed by atoms with Gasteiger partial charge in [0.1, 0.15) is 5.37 Å². The third-order valence-electron chi connectivity index (χ3n) is 1.71. The van der Waals surface area contributed by atoms with Crippen molar-refractivity contribution in [2.75, 3.05) is 0 Å². The third kappa shape index (κ3) is 4.34. The summed E-state index contributed by atoms with van der Waals surface area (Å²) in [5, 5.41) is -1.13. The van der Waals surface area contributed by atoms with Gasteiger partial charge in [-0.2, -0.15) is 8.42 Å². The van der Waals surface area contributed by atoms with E-state index in [9.17, 15) is 8.42 Å². The lowest BCUT2D eigenvalue weighted by Gasteiger charge is -2.12. The van der Waals surface area contributed by atoms with Gasteiger partial charge in [-0.25, -0.2) is 0 Å². The summed E-state index contributed by atoms with van der Waals surface area (Å²) < 4.78 is 29.3. The van der Waals surface area contributed by atoms with Crippen LogP contribution in [-0.2, 0) is 10.1 Å². The summed E-state index contributed by atoms with van der Waals surface area (Å²) in [5.74, 6) is 0.229. The maximum Gasteiger partial charge on any atom is 0.280 e. The van der Waals surface area contributed by atoms with Crippen molar-refractivity contribution >= 4 is 10.1 Å². The van der Waals surface area contributed by atoms with Crippen molar-refractivity contribution < 1.29 is 13.0 Å². The van der Waals surface area contributed by atoms with E-state index in [1.165, 1.54) is 0 Å². The van der Waals surface area contributed by atoms with E-state index >= 15 is 0 Å². The first-order chi connectivity index (χ1) is 4.88. The van der Waals surface area contributed by atoms with Gasteiger partial charge in [0.25, 0.3) is 10.1 Å². The van der Waals surface area contributed by atoms with E-state index in [2.05, 4.69) is 0 Å². The van der Waals surface area contributed by atoms with E-state index < -0.39 is 15.5 Å². The molecule has 0 amide bonds. The van der Waals surface area contributed by atoms with Crippen LogP contribution in [0.15, 0.2) is 0 Å². The van der Waals surface area contributed by atoms with Gasteiger partial charge in [0.15, 0.2) is 0 Å².